The fraction of sp³-hybridized carbons (Fsp3) is 0. The maximum absolute atomic E-state index is 10.8. The summed E-state index contributed by atoms with van der Waals surface area (Å²) in [5.41, 5.74) is 3.86. The number of hydrogen-bond acceptors (Lipinski definition) is 5. The Bertz CT molecular complexity index is 805. The van der Waals surface area contributed by atoms with Crippen LogP contribution >= 0.6 is 12.2 Å². The van der Waals surface area contributed by atoms with Crippen LogP contribution in [0, 0.1) is 10.1 Å². The van der Waals surface area contributed by atoms with Crippen LogP contribution in [0.1, 0.15) is 15.9 Å². The summed E-state index contributed by atoms with van der Waals surface area (Å²) in [5, 5.41) is 26.4. The third-order valence-electron chi connectivity index (χ3n) is 2.85. The highest BCUT2D eigenvalue weighted by molar-refractivity contribution is 7.80. The summed E-state index contributed by atoms with van der Waals surface area (Å²) >= 11 is 5.04. The lowest BCUT2D eigenvalue weighted by molar-refractivity contribution is -0.384. The van der Waals surface area contributed by atoms with Crippen molar-refractivity contribution in [3.05, 3.63) is 69.8 Å². The molecule has 3 N–H and O–H groups in total. The standard InChI is InChI=1S/C15H12N4O4S/c20-14(21)11-4-6-12(7-5-11)17-15(24)18-16-9-10-2-1-3-13(8-10)19(22)23/h1-9H,(H,20,21)(H2,17,18,24)/b16-9+. The van der Waals surface area contributed by atoms with Gasteiger partial charge in [0, 0.05) is 23.4 Å². The van der Waals surface area contributed by atoms with E-state index in [9.17, 15) is 14.9 Å². The highest BCUT2D eigenvalue weighted by Crippen LogP contribution is 2.11. The molecule has 0 aliphatic carbocycles. The van der Waals surface area contributed by atoms with Gasteiger partial charge in [-0.1, -0.05) is 12.1 Å². The van der Waals surface area contributed by atoms with Crippen molar-refractivity contribution in [3.8, 4) is 0 Å². The molecule has 0 aliphatic rings. The number of aromatic carboxylic acids is 1. The molecule has 0 saturated carbocycles. The highest BCUT2D eigenvalue weighted by atomic mass is 32.1. The number of nitrogens with one attached hydrogen (secondary N) is 2. The zero-order valence-electron chi connectivity index (χ0n) is 12.2. The average Bonchev–Trinajstić information content (AvgIpc) is 2.55. The van der Waals surface area contributed by atoms with Crippen LogP contribution in [0.5, 0.6) is 0 Å². The number of carboxylic acid groups (broad SMARTS) is 1. The monoisotopic (exact) mass is 344 g/mol. The van der Waals surface area contributed by atoms with Crippen molar-refractivity contribution in [2.24, 2.45) is 5.10 Å². The van der Waals surface area contributed by atoms with E-state index in [0.717, 1.165) is 0 Å². The molecule has 0 aliphatic heterocycles. The van der Waals surface area contributed by atoms with E-state index in [1.165, 1.54) is 30.5 Å². The minimum atomic E-state index is -1.01. The smallest absolute Gasteiger partial charge is 0.335 e. The number of benzene rings is 2. The maximum atomic E-state index is 10.8. The lowest BCUT2D eigenvalue weighted by atomic mass is 10.2. The normalized spacial score (nSPS) is 10.3. The van der Waals surface area contributed by atoms with Crippen LogP contribution in [0.15, 0.2) is 53.6 Å². The molecule has 0 heterocycles. The Morgan fingerprint density at radius 3 is 2.58 bits per heavy atom. The summed E-state index contributed by atoms with van der Waals surface area (Å²) in [6.07, 6.45) is 1.40. The first-order valence-electron chi connectivity index (χ1n) is 6.63. The fourth-order valence-electron chi connectivity index (χ4n) is 1.74. The van der Waals surface area contributed by atoms with E-state index in [4.69, 9.17) is 17.3 Å². The molecule has 2 aromatic carbocycles. The molecule has 0 unspecified atom stereocenters. The predicted molar refractivity (Wildman–Crippen MR) is 93.4 cm³/mol. The zero-order valence-corrected chi connectivity index (χ0v) is 13.0. The van der Waals surface area contributed by atoms with E-state index in [1.807, 2.05) is 0 Å². The third-order valence-corrected chi connectivity index (χ3v) is 3.04. The SMILES string of the molecule is O=C(O)c1ccc(NC(=S)N/N=C/c2cccc([N+](=O)[O-])c2)cc1. The summed E-state index contributed by atoms with van der Waals surface area (Å²) in [7, 11) is 0. The van der Waals surface area contributed by atoms with Crippen molar-refractivity contribution in [1.82, 2.24) is 5.43 Å². The number of nitro groups is 1. The second kappa shape index (κ2) is 7.79. The van der Waals surface area contributed by atoms with Gasteiger partial charge in [-0.25, -0.2) is 4.79 Å². The van der Waals surface area contributed by atoms with Crippen LogP contribution in [0.4, 0.5) is 11.4 Å². The van der Waals surface area contributed by atoms with Crippen LogP contribution in [0.25, 0.3) is 0 Å². The molecule has 0 atom stereocenters. The summed E-state index contributed by atoms with van der Waals surface area (Å²) in [5.74, 6) is -1.01. The largest absolute Gasteiger partial charge is 0.478 e. The second-order valence-corrected chi connectivity index (χ2v) is 4.97. The molecule has 0 aromatic heterocycles. The van der Waals surface area contributed by atoms with Gasteiger partial charge in [-0.05, 0) is 36.5 Å². The Balaban J connectivity index is 1.92. The van der Waals surface area contributed by atoms with Gasteiger partial charge in [0.25, 0.3) is 5.69 Å². The molecule has 0 saturated heterocycles. The highest BCUT2D eigenvalue weighted by Gasteiger charge is 2.04. The van der Waals surface area contributed by atoms with Gasteiger partial charge in [0.15, 0.2) is 5.11 Å². The molecule has 0 fully saturated rings. The number of non-ortho nitro benzene ring substituents is 1. The van der Waals surface area contributed by atoms with Gasteiger partial charge in [0.05, 0.1) is 16.7 Å². The summed E-state index contributed by atoms with van der Waals surface area (Å²) < 4.78 is 0. The Labute approximate surface area is 142 Å². The second-order valence-electron chi connectivity index (χ2n) is 4.56. The van der Waals surface area contributed by atoms with Gasteiger partial charge in [0.1, 0.15) is 0 Å². The molecule has 122 valence electrons. The molecule has 0 bridgehead atoms. The molecule has 0 spiro atoms. The summed E-state index contributed by atoms with van der Waals surface area (Å²) in [6, 6.07) is 12.0. The lowest BCUT2D eigenvalue weighted by Gasteiger charge is -2.07. The Morgan fingerprint density at radius 1 is 1.25 bits per heavy atom. The molecule has 2 aromatic rings. The first-order valence-corrected chi connectivity index (χ1v) is 7.04. The van der Waals surface area contributed by atoms with Crippen LogP contribution < -0.4 is 10.7 Å². The van der Waals surface area contributed by atoms with Gasteiger partial charge < -0.3 is 10.4 Å². The zero-order chi connectivity index (χ0) is 17.5. The van der Waals surface area contributed by atoms with Crippen molar-refractivity contribution < 1.29 is 14.8 Å². The number of rotatable bonds is 5. The number of hydrogen-bond donors (Lipinski definition) is 3. The first kappa shape index (κ1) is 17.0. The van der Waals surface area contributed by atoms with E-state index in [0.29, 0.717) is 11.3 Å². The van der Waals surface area contributed by atoms with Gasteiger partial charge in [-0.15, -0.1) is 0 Å². The predicted octanol–water partition coefficient (Wildman–Crippen LogP) is 2.61. The molecule has 0 radical (unpaired) electrons. The Morgan fingerprint density at radius 2 is 1.96 bits per heavy atom. The fourth-order valence-corrected chi connectivity index (χ4v) is 1.91. The molecule has 0 amide bonds. The van der Waals surface area contributed by atoms with Crippen molar-refractivity contribution in [1.29, 1.82) is 0 Å². The number of hydrazone groups is 1. The van der Waals surface area contributed by atoms with Crippen LogP contribution in [-0.4, -0.2) is 27.3 Å². The molecule has 8 nitrogen and oxygen atoms in total. The Hall–Kier alpha value is -3.33. The van der Waals surface area contributed by atoms with Gasteiger partial charge in [-0.2, -0.15) is 5.10 Å². The number of carboxylic acids is 1. The summed E-state index contributed by atoms with van der Waals surface area (Å²) in [6.45, 7) is 0. The van der Waals surface area contributed by atoms with Crippen LogP contribution in [0.2, 0.25) is 0 Å². The number of carbonyl (C=O) groups is 1. The van der Waals surface area contributed by atoms with Crippen molar-refractivity contribution in [2.45, 2.75) is 0 Å². The maximum Gasteiger partial charge on any atom is 0.335 e. The molecule has 2 rings (SSSR count). The van der Waals surface area contributed by atoms with Crippen LogP contribution in [0.3, 0.4) is 0 Å². The van der Waals surface area contributed by atoms with Crippen molar-refractivity contribution in [2.75, 3.05) is 5.32 Å². The molecular formula is C15H12N4O4S. The van der Waals surface area contributed by atoms with E-state index in [1.54, 1.807) is 24.3 Å². The van der Waals surface area contributed by atoms with E-state index in [2.05, 4.69) is 15.8 Å². The number of thiocarbonyl (C=S) groups is 1. The average molecular weight is 344 g/mol. The van der Waals surface area contributed by atoms with Gasteiger partial charge in [-0.3, -0.25) is 15.5 Å². The quantitative estimate of drug-likeness (QED) is 0.330. The topological polar surface area (TPSA) is 117 Å². The lowest BCUT2D eigenvalue weighted by Crippen LogP contribution is -2.23. The summed E-state index contributed by atoms with van der Waals surface area (Å²) in [4.78, 5) is 21.0. The number of anilines is 1. The minimum Gasteiger partial charge on any atom is -0.478 e. The van der Waals surface area contributed by atoms with Gasteiger partial charge >= 0.3 is 5.97 Å². The van der Waals surface area contributed by atoms with Crippen molar-refractivity contribution in [3.63, 3.8) is 0 Å². The molecular weight excluding hydrogens is 332 g/mol. The minimum absolute atomic E-state index is 0.0295. The Kier molecular flexibility index (Phi) is 5.53. The van der Waals surface area contributed by atoms with Crippen LogP contribution in [-0.2, 0) is 0 Å². The molecule has 24 heavy (non-hydrogen) atoms. The van der Waals surface area contributed by atoms with Gasteiger partial charge in [0.2, 0.25) is 0 Å². The van der Waals surface area contributed by atoms with E-state index >= 15 is 0 Å². The molecule has 9 heteroatoms. The third kappa shape index (κ3) is 4.85. The first-order chi connectivity index (χ1) is 11.5. The number of nitrogens with zero attached hydrogens (tertiary/aromatic N) is 2. The van der Waals surface area contributed by atoms with Crippen molar-refractivity contribution >= 4 is 40.9 Å². The van der Waals surface area contributed by atoms with E-state index in [-0.39, 0.29) is 16.4 Å². The number of nitro benzene ring substituents is 1. The van der Waals surface area contributed by atoms with E-state index < -0.39 is 10.9 Å².